The number of carbonyl (C=O) groups is 1. The van der Waals surface area contributed by atoms with E-state index in [9.17, 15) is 4.79 Å². The van der Waals surface area contributed by atoms with Crippen LogP contribution in [-0.4, -0.2) is 49.4 Å². The standard InChI is InChI=1S/C26H28N2O6/c1-17-21(18(2)34-27-17)16-32-23-11-9-19(13-25(23)30-4)10-12-26(29)28(3)14-20-15-31-22-7-5-6-8-24(22)33-20/h5-13,20H,14-16H2,1-4H3/b12-10+. The molecule has 34 heavy (non-hydrogen) atoms. The molecule has 1 aliphatic heterocycles. The summed E-state index contributed by atoms with van der Waals surface area (Å²) < 4.78 is 28.2. The molecule has 8 heteroatoms. The second-order valence-corrected chi connectivity index (χ2v) is 8.05. The van der Waals surface area contributed by atoms with Gasteiger partial charge in [-0.3, -0.25) is 4.79 Å². The van der Waals surface area contributed by atoms with Gasteiger partial charge in [0.25, 0.3) is 0 Å². The Balaban J connectivity index is 1.34. The summed E-state index contributed by atoms with van der Waals surface area (Å²) in [6, 6.07) is 13.0. The topological polar surface area (TPSA) is 83.3 Å². The van der Waals surface area contributed by atoms with E-state index in [1.807, 2.05) is 56.3 Å². The fraction of sp³-hybridized carbons (Fsp3) is 0.308. The van der Waals surface area contributed by atoms with Crippen molar-refractivity contribution in [1.82, 2.24) is 10.1 Å². The Kier molecular flexibility index (Phi) is 7.06. The van der Waals surface area contributed by atoms with Gasteiger partial charge in [0.15, 0.2) is 29.1 Å². The summed E-state index contributed by atoms with van der Waals surface area (Å²) in [4.78, 5) is 14.2. The summed E-state index contributed by atoms with van der Waals surface area (Å²) in [5.74, 6) is 3.17. The molecule has 1 unspecified atom stereocenters. The van der Waals surface area contributed by atoms with Gasteiger partial charge in [0, 0.05) is 13.1 Å². The number of benzene rings is 2. The maximum absolute atomic E-state index is 12.6. The first-order valence-electron chi connectivity index (χ1n) is 11.0. The Morgan fingerprint density at radius 1 is 1.18 bits per heavy atom. The van der Waals surface area contributed by atoms with Crippen LogP contribution in [0.5, 0.6) is 23.0 Å². The van der Waals surface area contributed by atoms with Crippen molar-refractivity contribution >= 4 is 12.0 Å². The van der Waals surface area contributed by atoms with E-state index in [-0.39, 0.29) is 12.0 Å². The SMILES string of the molecule is COc1cc(/C=C/C(=O)N(C)CC2COc3ccccc3O2)ccc1OCc1c(C)noc1C. The number of para-hydroxylation sites is 2. The second kappa shape index (κ2) is 10.3. The highest BCUT2D eigenvalue weighted by molar-refractivity contribution is 5.91. The lowest BCUT2D eigenvalue weighted by atomic mass is 10.1. The summed E-state index contributed by atoms with van der Waals surface area (Å²) in [7, 11) is 3.32. The fourth-order valence-electron chi connectivity index (χ4n) is 3.61. The Labute approximate surface area is 198 Å². The molecule has 0 aliphatic carbocycles. The highest BCUT2D eigenvalue weighted by Gasteiger charge is 2.23. The minimum Gasteiger partial charge on any atom is -0.493 e. The molecule has 4 rings (SSSR count). The molecule has 0 spiro atoms. The molecule has 1 aliphatic rings. The van der Waals surface area contributed by atoms with Crippen LogP contribution in [0.1, 0.15) is 22.6 Å². The van der Waals surface area contributed by atoms with Gasteiger partial charge in [-0.2, -0.15) is 0 Å². The number of hydrogen-bond acceptors (Lipinski definition) is 7. The first kappa shape index (κ1) is 23.2. The molecular weight excluding hydrogens is 436 g/mol. The van der Waals surface area contributed by atoms with Gasteiger partial charge >= 0.3 is 0 Å². The number of rotatable bonds is 8. The minimum atomic E-state index is -0.230. The van der Waals surface area contributed by atoms with Crippen molar-refractivity contribution in [2.45, 2.75) is 26.6 Å². The molecule has 1 atom stereocenters. The van der Waals surface area contributed by atoms with E-state index in [4.69, 9.17) is 23.5 Å². The molecule has 8 nitrogen and oxygen atoms in total. The molecule has 2 aromatic carbocycles. The van der Waals surface area contributed by atoms with E-state index in [0.29, 0.717) is 37.0 Å². The Hall–Kier alpha value is -3.94. The third kappa shape index (κ3) is 5.33. The predicted molar refractivity (Wildman–Crippen MR) is 126 cm³/mol. The smallest absolute Gasteiger partial charge is 0.246 e. The van der Waals surface area contributed by atoms with Gasteiger partial charge in [0.05, 0.1) is 24.9 Å². The zero-order chi connectivity index (χ0) is 24.1. The lowest BCUT2D eigenvalue weighted by Gasteiger charge is -2.29. The van der Waals surface area contributed by atoms with Crippen molar-refractivity contribution in [3.8, 4) is 23.0 Å². The van der Waals surface area contributed by atoms with Gasteiger partial charge in [0.1, 0.15) is 19.0 Å². The van der Waals surface area contributed by atoms with Gasteiger partial charge < -0.3 is 28.4 Å². The molecule has 0 saturated carbocycles. The van der Waals surface area contributed by atoms with E-state index in [1.165, 1.54) is 6.08 Å². The van der Waals surface area contributed by atoms with Crippen LogP contribution >= 0.6 is 0 Å². The number of methoxy groups -OCH3 is 1. The average Bonchev–Trinajstić information content (AvgIpc) is 3.18. The molecule has 2 heterocycles. The Bertz CT molecular complexity index is 1170. The van der Waals surface area contributed by atoms with Crippen molar-refractivity contribution in [1.29, 1.82) is 0 Å². The number of ether oxygens (including phenoxy) is 4. The maximum Gasteiger partial charge on any atom is 0.246 e. The Morgan fingerprint density at radius 2 is 1.97 bits per heavy atom. The molecule has 1 aromatic heterocycles. The molecule has 0 bridgehead atoms. The summed E-state index contributed by atoms with van der Waals surface area (Å²) in [6.45, 7) is 4.86. The summed E-state index contributed by atoms with van der Waals surface area (Å²) in [5, 5.41) is 3.94. The molecule has 178 valence electrons. The third-order valence-corrected chi connectivity index (χ3v) is 5.58. The van der Waals surface area contributed by atoms with Gasteiger partial charge in [-0.15, -0.1) is 0 Å². The lowest BCUT2D eigenvalue weighted by Crippen LogP contribution is -2.41. The van der Waals surface area contributed by atoms with Gasteiger partial charge in [0.2, 0.25) is 5.91 Å². The maximum atomic E-state index is 12.6. The highest BCUT2D eigenvalue weighted by Crippen LogP contribution is 2.31. The van der Waals surface area contributed by atoms with Crippen LogP contribution in [0, 0.1) is 13.8 Å². The van der Waals surface area contributed by atoms with Crippen molar-refractivity contribution in [2.75, 3.05) is 27.3 Å². The number of aryl methyl sites for hydroxylation is 2. The predicted octanol–water partition coefficient (Wildman–Crippen LogP) is 4.19. The van der Waals surface area contributed by atoms with E-state index in [1.54, 1.807) is 25.1 Å². The largest absolute Gasteiger partial charge is 0.493 e. The monoisotopic (exact) mass is 464 g/mol. The van der Waals surface area contributed by atoms with Crippen LogP contribution < -0.4 is 18.9 Å². The van der Waals surface area contributed by atoms with Crippen LogP contribution in [0.3, 0.4) is 0 Å². The summed E-state index contributed by atoms with van der Waals surface area (Å²) in [6.07, 6.45) is 3.04. The Morgan fingerprint density at radius 3 is 2.71 bits per heavy atom. The number of aromatic nitrogens is 1. The molecule has 3 aromatic rings. The van der Waals surface area contributed by atoms with Crippen LogP contribution in [-0.2, 0) is 11.4 Å². The number of likely N-dealkylation sites (N-methyl/N-ethyl adjacent to an activating group) is 1. The molecule has 0 N–H and O–H groups in total. The number of carbonyl (C=O) groups excluding carboxylic acids is 1. The van der Waals surface area contributed by atoms with Crippen molar-refractivity contribution in [2.24, 2.45) is 0 Å². The van der Waals surface area contributed by atoms with Crippen molar-refractivity contribution in [3.05, 3.63) is 71.1 Å². The van der Waals surface area contributed by atoms with Gasteiger partial charge in [-0.1, -0.05) is 23.4 Å². The number of fused-ring (bicyclic) bond motifs is 1. The minimum absolute atomic E-state index is 0.139. The zero-order valence-corrected chi connectivity index (χ0v) is 19.7. The quantitative estimate of drug-likeness (QED) is 0.462. The molecule has 1 amide bonds. The van der Waals surface area contributed by atoms with Crippen LogP contribution in [0.4, 0.5) is 0 Å². The zero-order valence-electron chi connectivity index (χ0n) is 19.7. The summed E-state index contributed by atoms with van der Waals surface area (Å²) >= 11 is 0. The number of amides is 1. The summed E-state index contributed by atoms with van der Waals surface area (Å²) in [5.41, 5.74) is 2.53. The normalized spacial score (nSPS) is 14.8. The fourth-order valence-corrected chi connectivity index (χ4v) is 3.61. The molecule has 0 saturated heterocycles. The third-order valence-electron chi connectivity index (χ3n) is 5.58. The highest BCUT2D eigenvalue weighted by atomic mass is 16.6. The second-order valence-electron chi connectivity index (χ2n) is 8.05. The van der Waals surface area contributed by atoms with Gasteiger partial charge in [-0.05, 0) is 49.8 Å². The number of hydrogen-bond donors (Lipinski definition) is 0. The van der Waals surface area contributed by atoms with E-state index in [2.05, 4.69) is 5.16 Å². The van der Waals surface area contributed by atoms with Crippen LogP contribution in [0.15, 0.2) is 53.1 Å². The van der Waals surface area contributed by atoms with Crippen LogP contribution in [0.2, 0.25) is 0 Å². The molecular formula is C26H28N2O6. The molecule has 0 radical (unpaired) electrons. The first-order chi connectivity index (χ1) is 16.4. The van der Waals surface area contributed by atoms with Crippen molar-refractivity contribution in [3.63, 3.8) is 0 Å². The first-order valence-corrected chi connectivity index (χ1v) is 11.0. The van der Waals surface area contributed by atoms with Crippen molar-refractivity contribution < 1.29 is 28.3 Å². The average molecular weight is 465 g/mol. The van der Waals surface area contributed by atoms with E-state index < -0.39 is 0 Å². The van der Waals surface area contributed by atoms with E-state index in [0.717, 1.165) is 28.3 Å². The molecule has 0 fully saturated rings. The van der Waals surface area contributed by atoms with Gasteiger partial charge in [-0.25, -0.2) is 0 Å². The lowest BCUT2D eigenvalue weighted by molar-refractivity contribution is -0.126. The number of nitrogens with zero attached hydrogens (tertiary/aromatic N) is 2. The van der Waals surface area contributed by atoms with Crippen LogP contribution in [0.25, 0.3) is 6.08 Å². The van der Waals surface area contributed by atoms with E-state index >= 15 is 0 Å².